The van der Waals surface area contributed by atoms with Crippen molar-refractivity contribution in [1.82, 2.24) is 5.32 Å². The van der Waals surface area contributed by atoms with Gasteiger partial charge in [-0.3, -0.25) is 4.79 Å². The Bertz CT molecular complexity index is 450. The number of hydrogen-bond acceptors (Lipinski definition) is 3. The molecule has 2 N–H and O–H groups in total. The molecule has 1 unspecified atom stereocenters. The van der Waals surface area contributed by atoms with Crippen molar-refractivity contribution in [2.45, 2.75) is 32.9 Å². The van der Waals surface area contributed by atoms with Crippen LogP contribution in [-0.2, 0) is 11.3 Å². The fourth-order valence-corrected chi connectivity index (χ4v) is 2.50. The van der Waals surface area contributed by atoms with Crippen molar-refractivity contribution in [1.29, 1.82) is 5.26 Å². The van der Waals surface area contributed by atoms with Gasteiger partial charge in [0.05, 0.1) is 18.0 Å². The summed E-state index contributed by atoms with van der Waals surface area (Å²) in [6.07, 6.45) is 0. The lowest BCUT2D eigenvalue weighted by Crippen LogP contribution is -3.09. The molecule has 19 heavy (non-hydrogen) atoms. The quantitative estimate of drug-likeness (QED) is 0.810. The molecule has 1 aromatic heterocycles. The Labute approximate surface area is 119 Å². The van der Waals surface area contributed by atoms with Gasteiger partial charge in [-0.05, 0) is 24.3 Å². The van der Waals surface area contributed by atoms with Crippen LogP contribution in [0.2, 0.25) is 0 Å². The third kappa shape index (κ3) is 4.66. The second-order valence-electron chi connectivity index (χ2n) is 5.41. The molecule has 1 amide bonds. The number of amides is 1. The van der Waals surface area contributed by atoms with Gasteiger partial charge in [0.25, 0.3) is 5.91 Å². The van der Waals surface area contributed by atoms with E-state index in [1.807, 2.05) is 32.3 Å². The molecule has 2 atom stereocenters. The number of likely N-dealkylation sites (N-methyl/N-ethyl adjacent to an activating group) is 1. The highest BCUT2D eigenvalue weighted by Gasteiger charge is 2.30. The molecule has 0 bridgehead atoms. The summed E-state index contributed by atoms with van der Waals surface area (Å²) in [5, 5.41) is 14.0. The minimum absolute atomic E-state index is 0.0770. The average Bonchev–Trinajstić information content (AvgIpc) is 2.80. The lowest BCUT2D eigenvalue weighted by atomic mass is 9.90. The molecular formula is C14H22N3OS+. The van der Waals surface area contributed by atoms with E-state index in [2.05, 4.69) is 17.5 Å². The molecule has 104 valence electrons. The Morgan fingerprint density at radius 2 is 2.32 bits per heavy atom. The Hall–Kier alpha value is -1.38. The van der Waals surface area contributed by atoms with Crippen LogP contribution < -0.4 is 10.2 Å². The van der Waals surface area contributed by atoms with Gasteiger partial charge in [0, 0.05) is 0 Å². The van der Waals surface area contributed by atoms with E-state index < -0.39 is 5.54 Å². The summed E-state index contributed by atoms with van der Waals surface area (Å²) in [4.78, 5) is 14.4. The molecule has 0 radical (unpaired) electrons. The van der Waals surface area contributed by atoms with Crippen LogP contribution in [0.25, 0.3) is 0 Å². The summed E-state index contributed by atoms with van der Waals surface area (Å²) < 4.78 is 0. The number of carbonyl (C=O) groups is 1. The first-order valence-electron chi connectivity index (χ1n) is 6.43. The molecule has 1 rings (SSSR count). The number of carbonyl (C=O) groups excluding carboxylic acids is 1. The van der Waals surface area contributed by atoms with Gasteiger partial charge >= 0.3 is 0 Å². The number of hydrogen-bond donors (Lipinski definition) is 2. The fourth-order valence-electron chi connectivity index (χ4n) is 1.68. The number of quaternary nitrogens is 1. The van der Waals surface area contributed by atoms with Gasteiger partial charge in [-0.25, -0.2) is 0 Å². The molecule has 1 heterocycles. The molecule has 5 heteroatoms. The predicted molar refractivity (Wildman–Crippen MR) is 76.8 cm³/mol. The van der Waals surface area contributed by atoms with Gasteiger partial charge in [0.15, 0.2) is 6.54 Å². The van der Waals surface area contributed by atoms with Gasteiger partial charge in [0.1, 0.15) is 12.1 Å². The zero-order chi connectivity index (χ0) is 14.5. The Balaban J connectivity index is 2.49. The van der Waals surface area contributed by atoms with E-state index in [0.717, 1.165) is 11.4 Å². The smallest absolute Gasteiger partial charge is 0.276 e. The van der Waals surface area contributed by atoms with Crippen LogP contribution in [0.4, 0.5) is 0 Å². The first kappa shape index (κ1) is 15.7. The first-order valence-corrected chi connectivity index (χ1v) is 7.31. The molecule has 1 aromatic rings. The van der Waals surface area contributed by atoms with Crippen LogP contribution in [0.3, 0.4) is 0 Å². The van der Waals surface area contributed by atoms with Crippen molar-refractivity contribution in [2.75, 3.05) is 13.6 Å². The molecular weight excluding hydrogens is 258 g/mol. The number of nitrogens with one attached hydrogen (secondary N) is 2. The minimum atomic E-state index is -0.791. The van der Waals surface area contributed by atoms with Crippen molar-refractivity contribution in [3.8, 4) is 6.07 Å². The topological polar surface area (TPSA) is 57.3 Å². The third-order valence-corrected chi connectivity index (χ3v) is 4.18. The number of rotatable bonds is 6. The summed E-state index contributed by atoms with van der Waals surface area (Å²) in [6, 6.07) is 6.27. The van der Waals surface area contributed by atoms with Gasteiger partial charge < -0.3 is 10.2 Å². The van der Waals surface area contributed by atoms with Crippen LogP contribution in [0.5, 0.6) is 0 Å². The largest absolute Gasteiger partial charge is 0.333 e. The second kappa shape index (κ2) is 6.69. The molecule has 0 spiro atoms. The summed E-state index contributed by atoms with van der Waals surface area (Å²) >= 11 is 1.70. The van der Waals surface area contributed by atoms with Gasteiger partial charge in [-0.15, -0.1) is 11.3 Å². The highest BCUT2D eigenvalue weighted by molar-refractivity contribution is 7.09. The summed E-state index contributed by atoms with van der Waals surface area (Å²) in [6.45, 7) is 6.85. The van der Waals surface area contributed by atoms with Crippen molar-refractivity contribution in [3.05, 3.63) is 22.4 Å². The van der Waals surface area contributed by atoms with Crippen molar-refractivity contribution in [2.24, 2.45) is 5.92 Å². The molecule has 4 nitrogen and oxygen atoms in total. The Morgan fingerprint density at radius 3 is 2.79 bits per heavy atom. The molecule has 0 aliphatic rings. The van der Waals surface area contributed by atoms with Gasteiger partial charge in [0.2, 0.25) is 0 Å². The van der Waals surface area contributed by atoms with Gasteiger partial charge in [-0.1, -0.05) is 19.9 Å². The van der Waals surface area contributed by atoms with Crippen LogP contribution in [0.1, 0.15) is 25.6 Å². The van der Waals surface area contributed by atoms with E-state index in [-0.39, 0.29) is 11.8 Å². The highest BCUT2D eigenvalue weighted by atomic mass is 32.1. The number of thiophene rings is 1. The standard InChI is InChI=1S/C14H21N3OS/c1-11(2)14(3,10-15)16-13(18)9-17(4)8-12-6-5-7-19-12/h5-7,11H,8-9H2,1-4H3,(H,16,18)/p+1/t14-/m1/s1. The van der Waals surface area contributed by atoms with Crippen LogP contribution in [0.15, 0.2) is 17.5 Å². The third-order valence-electron chi connectivity index (χ3n) is 3.30. The van der Waals surface area contributed by atoms with Crippen molar-refractivity contribution >= 4 is 17.2 Å². The minimum Gasteiger partial charge on any atom is -0.333 e. The average molecular weight is 280 g/mol. The number of nitrogens with zero attached hydrogens (tertiary/aromatic N) is 1. The Kier molecular flexibility index (Phi) is 5.52. The lowest BCUT2D eigenvalue weighted by molar-refractivity contribution is -0.885. The lowest BCUT2D eigenvalue weighted by Gasteiger charge is -2.27. The fraction of sp³-hybridized carbons (Fsp3) is 0.571. The van der Waals surface area contributed by atoms with Crippen LogP contribution in [-0.4, -0.2) is 25.0 Å². The molecule has 0 aliphatic heterocycles. The van der Waals surface area contributed by atoms with Crippen LogP contribution >= 0.6 is 11.3 Å². The molecule has 0 saturated heterocycles. The maximum absolute atomic E-state index is 12.0. The van der Waals surface area contributed by atoms with E-state index >= 15 is 0 Å². The van der Waals surface area contributed by atoms with E-state index in [4.69, 9.17) is 0 Å². The molecule has 0 aliphatic carbocycles. The second-order valence-corrected chi connectivity index (χ2v) is 6.44. The zero-order valence-electron chi connectivity index (χ0n) is 12.0. The molecule has 0 saturated carbocycles. The maximum atomic E-state index is 12.0. The van der Waals surface area contributed by atoms with Crippen molar-refractivity contribution in [3.63, 3.8) is 0 Å². The van der Waals surface area contributed by atoms with E-state index in [0.29, 0.717) is 6.54 Å². The van der Waals surface area contributed by atoms with E-state index in [1.165, 1.54) is 4.88 Å². The molecule has 0 fully saturated rings. The predicted octanol–water partition coefficient (Wildman–Crippen LogP) is 0.817. The first-order chi connectivity index (χ1) is 8.87. The SMILES string of the molecule is CC(C)[C@@](C)(C#N)NC(=O)C[NH+](C)Cc1cccs1. The van der Waals surface area contributed by atoms with E-state index in [1.54, 1.807) is 18.3 Å². The summed E-state index contributed by atoms with van der Waals surface area (Å²) in [5.74, 6) is 0.00542. The summed E-state index contributed by atoms with van der Waals surface area (Å²) in [5.41, 5.74) is -0.791. The normalized spacial score (nSPS) is 15.6. The highest BCUT2D eigenvalue weighted by Crippen LogP contribution is 2.14. The number of nitriles is 1. The Morgan fingerprint density at radius 1 is 1.63 bits per heavy atom. The maximum Gasteiger partial charge on any atom is 0.276 e. The van der Waals surface area contributed by atoms with E-state index in [9.17, 15) is 10.1 Å². The van der Waals surface area contributed by atoms with Crippen LogP contribution in [0, 0.1) is 17.2 Å². The van der Waals surface area contributed by atoms with Crippen molar-refractivity contribution < 1.29 is 9.69 Å². The monoisotopic (exact) mass is 280 g/mol. The zero-order valence-corrected chi connectivity index (χ0v) is 12.8. The van der Waals surface area contributed by atoms with Gasteiger partial charge in [-0.2, -0.15) is 5.26 Å². The molecule has 0 aromatic carbocycles. The summed E-state index contributed by atoms with van der Waals surface area (Å²) in [7, 11) is 1.98.